The van der Waals surface area contributed by atoms with Crippen LogP contribution in [0.4, 0.5) is 4.39 Å². The second kappa shape index (κ2) is 5.29. The Morgan fingerprint density at radius 3 is 2.82 bits per heavy atom. The van der Waals surface area contributed by atoms with E-state index in [1.165, 1.54) is 11.6 Å². The summed E-state index contributed by atoms with van der Waals surface area (Å²) in [5.74, 6) is -0.198. The molecule has 1 unspecified atom stereocenters. The van der Waals surface area contributed by atoms with Crippen molar-refractivity contribution >= 4 is 27.3 Å². The predicted octanol–water partition coefficient (Wildman–Crippen LogP) is 4.20. The van der Waals surface area contributed by atoms with Gasteiger partial charge in [0.25, 0.3) is 0 Å². The first-order valence-electron chi connectivity index (χ1n) is 5.30. The fraction of sp³-hybridized carbons (Fsp3) is 0.231. The molecule has 0 aliphatic heterocycles. The van der Waals surface area contributed by atoms with Crippen molar-refractivity contribution in [2.24, 2.45) is 5.73 Å². The highest BCUT2D eigenvalue weighted by Gasteiger charge is 2.13. The Morgan fingerprint density at radius 1 is 1.41 bits per heavy atom. The van der Waals surface area contributed by atoms with Gasteiger partial charge in [0.05, 0.1) is 0 Å². The first-order chi connectivity index (χ1) is 8.08. The van der Waals surface area contributed by atoms with Gasteiger partial charge in [-0.05, 0) is 59.0 Å². The molecule has 2 N–H and O–H groups in total. The van der Waals surface area contributed by atoms with Crippen LogP contribution in [0.3, 0.4) is 0 Å². The zero-order valence-electron chi connectivity index (χ0n) is 9.41. The van der Waals surface area contributed by atoms with E-state index in [2.05, 4.69) is 21.3 Å². The maximum absolute atomic E-state index is 13.6. The molecular formula is C13H13BrFNS. The van der Waals surface area contributed by atoms with Crippen LogP contribution in [0, 0.1) is 12.7 Å². The first-order valence-corrected chi connectivity index (χ1v) is 7.03. The maximum Gasteiger partial charge on any atom is 0.126 e. The summed E-state index contributed by atoms with van der Waals surface area (Å²) in [5, 5.41) is 4.10. The lowest BCUT2D eigenvalue weighted by Gasteiger charge is -2.12. The van der Waals surface area contributed by atoms with E-state index in [-0.39, 0.29) is 11.9 Å². The average Bonchev–Trinajstić information content (AvgIpc) is 2.70. The second-order valence-corrected chi connectivity index (χ2v) is 5.72. The maximum atomic E-state index is 13.6. The Bertz CT molecular complexity index is 524. The summed E-state index contributed by atoms with van der Waals surface area (Å²) in [7, 11) is 0. The molecule has 0 amide bonds. The van der Waals surface area contributed by atoms with E-state index in [1.807, 2.05) is 12.3 Å². The third kappa shape index (κ3) is 2.94. The molecule has 0 radical (unpaired) electrons. The molecular weight excluding hydrogens is 301 g/mol. The largest absolute Gasteiger partial charge is 0.324 e. The Morgan fingerprint density at radius 2 is 2.18 bits per heavy atom. The smallest absolute Gasteiger partial charge is 0.126 e. The van der Waals surface area contributed by atoms with Gasteiger partial charge in [-0.2, -0.15) is 11.3 Å². The summed E-state index contributed by atoms with van der Waals surface area (Å²) < 4.78 is 14.5. The molecule has 0 saturated carbocycles. The molecule has 0 aliphatic rings. The molecule has 1 aromatic carbocycles. The van der Waals surface area contributed by atoms with Crippen LogP contribution in [0.15, 0.2) is 33.4 Å². The number of thiophene rings is 1. The summed E-state index contributed by atoms with van der Waals surface area (Å²) in [6.45, 7) is 2.03. The number of nitrogens with two attached hydrogens (primary N) is 1. The second-order valence-electron chi connectivity index (χ2n) is 4.06. The monoisotopic (exact) mass is 313 g/mol. The zero-order chi connectivity index (χ0) is 12.4. The van der Waals surface area contributed by atoms with Crippen molar-refractivity contribution in [3.63, 3.8) is 0 Å². The van der Waals surface area contributed by atoms with Crippen LogP contribution < -0.4 is 5.73 Å². The van der Waals surface area contributed by atoms with Crippen LogP contribution in [0.2, 0.25) is 0 Å². The molecule has 4 heteroatoms. The minimum Gasteiger partial charge on any atom is -0.324 e. The summed E-state index contributed by atoms with van der Waals surface area (Å²) in [5.41, 5.74) is 9.05. The quantitative estimate of drug-likeness (QED) is 0.903. The number of benzene rings is 1. The van der Waals surface area contributed by atoms with Crippen LogP contribution in [-0.2, 0) is 6.42 Å². The molecule has 2 aromatic rings. The van der Waals surface area contributed by atoms with E-state index < -0.39 is 0 Å². The molecule has 0 fully saturated rings. The lowest BCUT2D eigenvalue weighted by molar-refractivity contribution is 0.592. The summed E-state index contributed by atoms with van der Waals surface area (Å²) in [6, 6.07) is 4.80. The first kappa shape index (κ1) is 12.7. The SMILES string of the molecule is Cc1cscc1C(N)Cc1cc(Br)ccc1F. The fourth-order valence-electron chi connectivity index (χ4n) is 1.80. The van der Waals surface area contributed by atoms with Crippen molar-refractivity contribution in [1.29, 1.82) is 0 Å². The summed E-state index contributed by atoms with van der Waals surface area (Å²) in [6.07, 6.45) is 0.517. The van der Waals surface area contributed by atoms with Gasteiger partial charge >= 0.3 is 0 Å². The van der Waals surface area contributed by atoms with Gasteiger partial charge in [0.2, 0.25) is 0 Å². The third-order valence-corrected chi connectivity index (χ3v) is 4.12. The molecule has 1 aromatic heterocycles. The van der Waals surface area contributed by atoms with E-state index in [1.54, 1.807) is 23.5 Å². The molecule has 0 saturated heterocycles. The topological polar surface area (TPSA) is 26.0 Å². The molecule has 90 valence electrons. The predicted molar refractivity (Wildman–Crippen MR) is 73.8 cm³/mol. The number of halogens is 2. The Kier molecular flexibility index (Phi) is 3.97. The Labute approximate surface area is 113 Å². The van der Waals surface area contributed by atoms with E-state index in [0.717, 1.165) is 10.0 Å². The van der Waals surface area contributed by atoms with Gasteiger partial charge in [0, 0.05) is 10.5 Å². The highest BCUT2D eigenvalue weighted by molar-refractivity contribution is 9.10. The molecule has 1 heterocycles. The van der Waals surface area contributed by atoms with Crippen LogP contribution in [0.1, 0.15) is 22.7 Å². The molecule has 1 nitrogen and oxygen atoms in total. The minimum absolute atomic E-state index is 0.148. The van der Waals surface area contributed by atoms with Crippen molar-refractivity contribution in [2.45, 2.75) is 19.4 Å². The number of aryl methyl sites for hydroxylation is 1. The number of rotatable bonds is 3. The van der Waals surface area contributed by atoms with Crippen molar-refractivity contribution in [3.05, 3.63) is 55.9 Å². The normalized spacial score (nSPS) is 12.7. The van der Waals surface area contributed by atoms with Gasteiger partial charge in [0.15, 0.2) is 0 Å². The highest BCUT2D eigenvalue weighted by atomic mass is 79.9. The van der Waals surface area contributed by atoms with E-state index in [0.29, 0.717) is 12.0 Å². The third-order valence-electron chi connectivity index (χ3n) is 2.74. The Balaban J connectivity index is 2.21. The van der Waals surface area contributed by atoms with E-state index in [4.69, 9.17) is 5.73 Å². The van der Waals surface area contributed by atoms with Gasteiger partial charge in [0.1, 0.15) is 5.82 Å². The van der Waals surface area contributed by atoms with Crippen LogP contribution >= 0.6 is 27.3 Å². The van der Waals surface area contributed by atoms with Gasteiger partial charge in [-0.15, -0.1) is 0 Å². The lowest BCUT2D eigenvalue weighted by Crippen LogP contribution is -2.14. The van der Waals surface area contributed by atoms with Crippen LogP contribution in [0.5, 0.6) is 0 Å². The van der Waals surface area contributed by atoms with E-state index >= 15 is 0 Å². The highest BCUT2D eigenvalue weighted by Crippen LogP contribution is 2.25. The summed E-state index contributed by atoms with van der Waals surface area (Å²) >= 11 is 4.97. The van der Waals surface area contributed by atoms with E-state index in [9.17, 15) is 4.39 Å². The molecule has 0 aliphatic carbocycles. The van der Waals surface area contributed by atoms with Crippen LogP contribution in [-0.4, -0.2) is 0 Å². The minimum atomic E-state index is -0.198. The lowest BCUT2D eigenvalue weighted by atomic mass is 9.99. The van der Waals surface area contributed by atoms with Crippen molar-refractivity contribution < 1.29 is 4.39 Å². The van der Waals surface area contributed by atoms with Crippen molar-refractivity contribution in [2.75, 3.05) is 0 Å². The molecule has 0 bridgehead atoms. The van der Waals surface area contributed by atoms with Crippen LogP contribution in [0.25, 0.3) is 0 Å². The molecule has 1 atom stereocenters. The average molecular weight is 314 g/mol. The van der Waals surface area contributed by atoms with Gasteiger partial charge in [-0.25, -0.2) is 4.39 Å². The van der Waals surface area contributed by atoms with Crippen molar-refractivity contribution in [1.82, 2.24) is 0 Å². The Hall–Kier alpha value is -0.710. The molecule has 0 spiro atoms. The molecule has 17 heavy (non-hydrogen) atoms. The van der Waals surface area contributed by atoms with Gasteiger partial charge < -0.3 is 5.73 Å². The zero-order valence-corrected chi connectivity index (χ0v) is 11.8. The fourth-order valence-corrected chi connectivity index (χ4v) is 3.12. The van der Waals surface area contributed by atoms with Gasteiger partial charge in [-0.3, -0.25) is 0 Å². The van der Waals surface area contributed by atoms with Crippen molar-refractivity contribution in [3.8, 4) is 0 Å². The van der Waals surface area contributed by atoms with Gasteiger partial charge in [-0.1, -0.05) is 15.9 Å². The standard InChI is InChI=1S/C13H13BrFNS/c1-8-6-17-7-11(8)13(16)5-9-4-10(14)2-3-12(9)15/h2-4,6-7,13H,5,16H2,1H3. The number of hydrogen-bond acceptors (Lipinski definition) is 2. The summed E-state index contributed by atoms with van der Waals surface area (Å²) in [4.78, 5) is 0. The number of hydrogen-bond donors (Lipinski definition) is 1. The molecule has 2 rings (SSSR count).